The van der Waals surface area contributed by atoms with Crippen molar-refractivity contribution >= 4 is 40.9 Å². The number of para-hydroxylation sites is 1. The van der Waals surface area contributed by atoms with Gasteiger partial charge >= 0.3 is 0 Å². The molecule has 4 aromatic rings. The average molecular weight is 543 g/mol. The third-order valence-corrected chi connectivity index (χ3v) is 6.54. The summed E-state index contributed by atoms with van der Waals surface area (Å²) in [5.74, 6) is 0.803. The van der Waals surface area contributed by atoms with E-state index >= 15 is 0 Å². The van der Waals surface area contributed by atoms with Crippen molar-refractivity contribution in [1.82, 2.24) is 30.3 Å². The van der Waals surface area contributed by atoms with Gasteiger partial charge in [0.25, 0.3) is 5.91 Å². The lowest BCUT2D eigenvalue weighted by atomic mass is 10.1. The summed E-state index contributed by atoms with van der Waals surface area (Å²) in [7, 11) is 1.63. The first-order valence-electron chi connectivity index (χ1n) is 11.1. The van der Waals surface area contributed by atoms with Crippen LogP contribution in [-0.4, -0.2) is 44.5 Å². The Balaban J connectivity index is 1.59. The first-order chi connectivity index (χ1) is 17.3. The van der Waals surface area contributed by atoms with Crippen LogP contribution < -0.4 is 10.1 Å². The number of benzene rings is 2. The fourth-order valence-electron chi connectivity index (χ4n) is 3.67. The number of nitrogens with one attached hydrogen (secondary N) is 1. The highest BCUT2D eigenvalue weighted by molar-refractivity contribution is 7.98. The van der Waals surface area contributed by atoms with Gasteiger partial charge in [0, 0.05) is 33.7 Å². The first kappa shape index (κ1) is 25.9. The molecule has 0 aliphatic carbocycles. The van der Waals surface area contributed by atoms with Crippen molar-refractivity contribution in [2.45, 2.75) is 31.2 Å². The van der Waals surface area contributed by atoms with Crippen LogP contribution in [-0.2, 0) is 12.2 Å². The monoisotopic (exact) mass is 542 g/mol. The molecule has 0 radical (unpaired) electrons. The summed E-state index contributed by atoms with van der Waals surface area (Å²) in [6.45, 7) is 4.24. The number of carbonyl (C=O) groups excluding carboxylic acids is 1. The summed E-state index contributed by atoms with van der Waals surface area (Å²) in [5, 5.41) is 12.9. The van der Waals surface area contributed by atoms with Crippen molar-refractivity contribution in [3.8, 4) is 11.4 Å². The number of ether oxygens (including phenoxy) is 1. The van der Waals surface area contributed by atoms with E-state index in [9.17, 15) is 4.79 Å². The number of amides is 1. The Kier molecular flexibility index (Phi) is 8.45. The van der Waals surface area contributed by atoms with Gasteiger partial charge < -0.3 is 10.1 Å². The molecule has 0 saturated carbocycles. The van der Waals surface area contributed by atoms with Gasteiger partial charge in [0.15, 0.2) is 10.9 Å². The molecule has 1 N–H and O–H groups in total. The second kappa shape index (κ2) is 11.7. The number of carbonyl (C=O) groups is 1. The van der Waals surface area contributed by atoms with E-state index in [1.54, 1.807) is 30.0 Å². The SMILES string of the molecule is COc1ccccc1CCNC(=O)c1nnn(-c2cc(Cl)cc(Cl)c2)c1CSc1nc(C)cc(C)n1. The molecule has 4 rings (SSSR count). The van der Waals surface area contributed by atoms with Gasteiger partial charge in [-0.25, -0.2) is 14.6 Å². The van der Waals surface area contributed by atoms with Crippen molar-refractivity contribution < 1.29 is 9.53 Å². The minimum atomic E-state index is -0.332. The van der Waals surface area contributed by atoms with Crippen molar-refractivity contribution in [2.24, 2.45) is 0 Å². The van der Waals surface area contributed by atoms with Crippen molar-refractivity contribution in [2.75, 3.05) is 13.7 Å². The minimum Gasteiger partial charge on any atom is -0.496 e. The molecule has 0 bridgehead atoms. The molecule has 36 heavy (non-hydrogen) atoms. The van der Waals surface area contributed by atoms with Gasteiger partial charge in [0.2, 0.25) is 0 Å². The first-order valence-corrected chi connectivity index (χ1v) is 12.8. The molecule has 2 aromatic carbocycles. The third-order valence-electron chi connectivity index (χ3n) is 5.24. The Bertz CT molecular complexity index is 1350. The van der Waals surface area contributed by atoms with E-state index in [2.05, 4.69) is 25.6 Å². The number of aryl methyl sites for hydroxylation is 2. The van der Waals surface area contributed by atoms with Gasteiger partial charge in [-0.2, -0.15) is 0 Å². The molecule has 11 heteroatoms. The number of hydrogen-bond donors (Lipinski definition) is 1. The van der Waals surface area contributed by atoms with Gasteiger partial charge in [-0.05, 0) is 56.2 Å². The van der Waals surface area contributed by atoms with Crippen molar-refractivity contribution in [1.29, 1.82) is 0 Å². The Hall–Kier alpha value is -3.14. The van der Waals surface area contributed by atoms with E-state index in [0.29, 0.717) is 45.3 Å². The van der Waals surface area contributed by atoms with Crippen LogP contribution >= 0.6 is 35.0 Å². The maximum atomic E-state index is 13.2. The molecule has 1 amide bonds. The second-order valence-electron chi connectivity index (χ2n) is 7.96. The van der Waals surface area contributed by atoms with E-state index in [4.69, 9.17) is 27.9 Å². The van der Waals surface area contributed by atoms with Gasteiger partial charge in [0.1, 0.15) is 5.75 Å². The molecule has 2 aromatic heterocycles. The molecule has 8 nitrogen and oxygen atoms in total. The van der Waals surface area contributed by atoms with Crippen molar-refractivity contribution in [3.05, 3.63) is 86.9 Å². The number of aromatic nitrogens is 5. The second-order valence-corrected chi connectivity index (χ2v) is 9.78. The molecule has 0 spiro atoms. The summed E-state index contributed by atoms with van der Waals surface area (Å²) in [6, 6.07) is 14.7. The standard InChI is InChI=1S/C25H24Cl2N6O2S/c1-15-10-16(2)30-25(29-15)36-14-21-23(31-32-33(21)20-12-18(26)11-19(27)13-20)24(34)28-9-8-17-6-4-5-7-22(17)35-3/h4-7,10-13H,8-9,14H2,1-3H3,(H,28,34). The zero-order chi connectivity index (χ0) is 25.7. The highest BCUT2D eigenvalue weighted by Crippen LogP contribution is 2.27. The molecule has 0 aliphatic heterocycles. The maximum Gasteiger partial charge on any atom is 0.273 e. The van der Waals surface area contributed by atoms with Gasteiger partial charge in [-0.15, -0.1) is 5.10 Å². The van der Waals surface area contributed by atoms with Gasteiger partial charge in [-0.3, -0.25) is 4.79 Å². The summed E-state index contributed by atoms with van der Waals surface area (Å²) in [4.78, 5) is 22.1. The minimum absolute atomic E-state index is 0.211. The Morgan fingerprint density at radius 3 is 2.44 bits per heavy atom. The highest BCUT2D eigenvalue weighted by Gasteiger charge is 2.22. The zero-order valence-corrected chi connectivity index (χ0v) is 22.3. The topological polar surface area (TPSA) is 94.8 Å². The fraction of sp³-hybridized carbons (Fsp3) is 0.240. The van der Waals surface area contributed by atoms with E-state index in [-0.39, 0.29) is 11.6 Å². The van der Waals surface area contributed by atoms with Crippen LogP contribution in [0.1, 0.15) is 33.1 Å². The summed E-state index contributed by atoms with van der Waals surface area (Å²) < 4.78 is 6.97. The molecule has 2 heterocycles. The number of nitrogens with zero attached hydrogens (tertiary/aromatic N) is 5. The smallest absolute Gasteiger partial charge is 0.273 e. The molecular formula is C25H24Cl2N6O2S. The van der Waals surface area contributed by atoms with Crippen LogP contribution in [0.2, 0.25) is 10.0 Å². The molecule has 186 valence electrons. The van der Waals surface area contributed by atoms with E-state index in [1.807, 2.05) is 44.2 Å². The van der Waals surface area contributed by atoms with E-state index in [1.165, 1.54) is 11.8 Å². The molecule has 0 saturated heterocycles. The lowest BCUT2D eigenvalue weighted by Gasteiger charge is -2.10. The van der Waals surface area contributed by atoms with Crippen LogP contribution in [0, 0.1) is 13.8 Å². The predicted octanol–water partition coefficient (Wildman–Crippen LogP) is 5.25. The van der Waals surface area contributed by atoms with Crippen LogP contribution in [0.25, 0.3) is 5.69 Å². The van der Waals surface area contributed by atoms with E-state index in [0.717, 1.165) is 22.7 Å². The normalized spacial score (nSPS) is 10.9. The largest absolute Gasteiger partial charge is 0.496 e. The predicted molar refractivity (Wildman–Crippen MR) is 141 cm³/mol. The summed E-state index contributed by atoms with van der Waals surface area (Å²) in [6.07, 6.45) is 0.605. The number of rotatable bonds is 9. The Morgan fingerprint density at radius 2 is 1.75 bits per heavy atom. The van der Waals surface area contributed by atoms with Crippen LogP contribution in [0.4, 0.5) is 0 Å². The number of halogens is 2. The maximum absolute atomic E-state index is 13.2. The number of methoxy groups -OCH3 is 1. The number of thioether (sulfide) groups is 1. The van der Waals surface area contributed by atoms with Crippen molar-refractivity contribution in [3.63, 3.8) is 0 Å². The van der Waals surface area contributed by atoms with Crippen LogP contribution in [0.3, 0.4) is 0 Å². The Morgan fingerprint density at radius 1 is 1.06 bits per heavy atom. The van der Waals surface area contributed by atoms with Crippen LogP contribution in [0.5, 0.6) is 5.75 Å². The lowest BCUT2D eigenvalue weighted by molar-refractivity contribution is 0.0948. The highest BCUT2D eigenvalue weighted by atomic mass is 35.5. The van der Waals surface area contributed by atoms with Crippen LogP contribution in [0.15, 0.2) is 53.7 Å². The fourth-order valence-corrected chi connectivity index (χ4v) is 5.13. The van der Waals surface area contributed by atoms with Gasteiger partial charge in [0.05, 0.1) is 18.5 Å². The summed E-state index contributed by atoms with van der Waals surface area (Å²) in [5.41, 5.74) is 4.13. The molecule has 0 unspecified atom stereocenters. The molecular weight excluding hydrogens is 519 g/mol. The third kappa shape index (κ3) is 6.34. The summed E-state index contributed by atoms with van der Waals surface area (Å²) >= 11 is 13.8. The Labute approximate surface area is 223 Å². The zero-order valence-electron chi connectivity index (χ0n) is 20.0. The number of hydrogen-bond acceptors (Lipinski definition) is 7. The molecule has 0 aliphatic rings. The lowest BCUT2D eigenvalue weighted by Crippen LogP contribution is -2.27. The molecule has 0 fully saturated rings. The van der Waals surface area contributed by atoms with Gasteiger partial charge in [-0.1, -0.05) is 58.4 Å². The molecule has 0 atom stereocenters. The quantitative estimate of drug-likeness (QED) is 0.228. The average Bonchev–Trinajstić information content (AvgIpc) is 3.26. The van der Waals surface area contributed by atoms with E-state index < -0.39 is 0 Å².